The van der Waals surface area contributed by atoms with Gasteiger partial charge in [-0.15, -0.1) is 0 Å². The Morgan fingerprint density at radius 1 is 1.30 bits per heavy atom. The molecule has 1 fully saturated rings. The van der Waals surface area contributed by atoms with Crippen molar-refractivity contribution in [2.24, 2.45) is 16.5 Å². The van der Waals surface area contributed by atoms with Crippen LogP contribution in [0.5, 0.6) is 0 Å². The Balaban J connectivity index is 1.74. The topological polar surface area (TPSA) is 98.8 Å². The van der Waals surface area contributed by atoms with Crippen molar-refractivity contribution in [1.82, 2.24) is 5.16 Å². The predicted octanol–water partition coefficient (Wildman–Crippen LogP) is 3.09. The Bertz CT molecular complexity index is 790. The van der Waals surface area contributed by atoms with Crippen molar-refractivity contribution in [3.63, 3.8) is 0 Å². The molecule has 0 radical (unpaired) electrons. The first kappa shape index (κ1) is 19.5. The van der Waals surface area contributed by atoms with Crippen LogP contribution in [0.15, 0.2) is 9.68 Å². The number of hydrogen-bond donors (Lipinski definition) is 0. The molecule has 2 aliphatic carbocycles. The lowest BCUT2D eigenvalue weighted by molar-refractivity contribution is -0.132. The molecule has 1 saturated carbocycles. The Kier molecular flexibility index (Phi) is 5.58. The van der Waals surface area contributed by atoms with Crippen molar-refractivity contribution in [2.45, 2.75) is 65.7 Å². The summed E-state index contributed by atoms with van der Waals surface area (Å²) in [5, 5.41) is 8.05. The molecule has 0 saturated heterocycles. The van der Waals surface area contributed by atoms with E-state index < -0.39 is 5.92 Å². The van der Waals surface area contributed by atoms with E-state index in [4.69, 9.17) is 9.36 Å². The SMILES string of the molecule is CCON=C1CC(C)(C)CC(=O)C1C(=O)CCc1noc2c1C(=O)CCC2. The Morgan fingerprint density at radius 2 is 2.07 bits per heavy atom. The van der Waals surface area contributed by atoms with Crippen molar-refractivity contribution in [3.8, 4) is 0 Å². The highest BCUT2D eigenvalue weighted by molar-refractivity contribution is 6.22. The van der Waals surface area contributed by atoms with Crippen molar-refractivity contribution in [3.05, 3.63) is 17.0 Å². The first-order valence-electron chi connectivity index (χ1n) is 9.57. The van der Waals surface area contributed by atoms with Crippen LogP contribution < -0.4 is 0 Å². The fourth-order valence-corrected chi connectivity index (χ4v) is 3.95. The fourth-order valence-electron chi connectivity index (χ4n) is 3.95. The molecule has 0 aromatic carbocycles. The summed E-state index contributed by atoms with van der Waals surface area (Å²) >= 11 is 0. The van der Waals surface area contributed by atoms with E-state index in [2.05, 4.69) is 10.3 Å². The molecule has 7 heteroatoms. The normalized spacial score (nSPS) is 23.4. The van der Waals surface area contributed by atoms with E-state index in [1.807, 2.05) is 13.8 Å². The molecule has 27 heavy (non-hydrogen) atoms. The van der Waals surface area contributed by atoms with Crippen LogP contribution in [0.2, 0.25) is 0 Å². The van der Waals surface area contributed by atoms with E-state index in [9.17, 15) is 14.4 Å². The average molecular weight is 374 g/mol. The lowest BCUT2D eigenvalue weighted by atomic mass is 9.69. The van der Waals surface area contributed by atoms with Crippen LogP contribution in [0.1, 0.15) is 74.7 Å². The van der Waals surface area contributed by atoms with E-state index in [1.54, 1.807) is 6.92 Å². The Morgan fingerprint density at radius 3 is 2.81 bits per heavy atom. The molecule has 1 aromatic heterocycles. The fraction of sp³-hybridized carbons (Fsp3) is 0.650. The maximum atomic E-state index is 12.8. The summed E-state index contributed by atoms with van der Waals surface area (Å²) in [4.78, 5) is 42.7. The summed E-state index contributed by atoms with van der Waals surface area (Å²) in [6.07, 6.45) is 3.25. The monoisotopic (exact) mass is 374 g/mol. The van der Waals surface area contributed by atoms with Crippen LogP contribution >= 0.6 is 0 Å². The summed E-state index contributed by atoms with van der Waals surface area (Å²) in [6.45, 7) is 6.16. The van der Waals surface area contributed by atoms with E-state index in [0.29, 0.717) is 61.4 Å². The largest absolute Gasteiger partial charge is 0.396 e. The van der Waals surface area contributed by atoms with Gasteiger partial charge in [-0.2, -0.15) is 0 Å². The van der Waals surface area contributed by atoms with Crippen LogP contribution in [0.3, 0.4) is 0 Å². The molecule has 1 atom stereocenters. The van der Waals surface area contributed by atoms with Gasteiger partial charge in [0.05, 0.1) is 17.0 Å². The third kappa shape index (κ3) is 4.17. The van der Waals surface area contributed by atoms with Crippen LogP contribution in [0.4, 0.5) is 0 Å². The van der Waals surface area contributed by atoms with Crippen molar-refractivity contribution >= 4 is 23.1 Å². The van der Waals surface area contributed by atoms with Gasteiger partial charge in [-0.05, 0) is 25.2 Å². The quantitative estimate of drug-likeness (QED) is 0.560. The highest BCUT2D eigenvalue weighted by atomic mass is 16.6. The second-order valence-electron chi connectivity index (χ2n) is 8.09. The molecular weight excluding hydrogens is 348 g/mol. The van der Waals surface area contributed by atoms with Gasteiger partial charge in [-0.25, -0.2) is 0 Å². The number of hydrogen-bond acceptors (Lipinski definition) is 7. The van der Waals surface area contributed by atoms with Gasteiger partial charge in [-0.3, -0.25) is 14.4 Å². The minimum Gasteiger partial charge on any atom is -0.396 e. The molecule has 146 valence electrons. The molecule has 3 rings (SSSR count). The van der Waals surface area contributed by atoms with Gasteiger partial charge < -0.3 is 9.36 Å². The number of oxime groups is 1. The molecule has 0 amide bonds. The smallest absolute Gasteiger partial charge is 0.168 e. The number of fused-ring (bicyclic) bond motifs is 1. The summed E-state index contributed by atoms with van der Waals surface area (Å²) in [7, 11) is 0. The first-order chi connectivity index (χ1) is 12.8. The van der Waals surface area contributed by atoms with Gasteiger partial charge in [0.1, 0.15) is 29.9 Å². The van der Waals surface area contributed by atoms with Crippen molar-refractivity contribution in [2.75, 3.05) is 6.61 Å². The minimum absolute atomic E-state index is 0.0223. The van der Waals surface area contributed by atoms with Crippen LogP contribution in [0, 0.1) is 11.3 Å². The Labute approximate surface area is 158 Å². The zero-order valence-corrected chi connectivity index (χ0v) is 16.2. The molecule has 0 bridgehead atoms. The predicted molar refractivity (Wildman–Crippen MR) is 97.7 cm³/mol. The van der Waals surface area contributed by atoms with E-state index in [-0.39, 0.29) is 29.2 Å². The highest BCUT2D eigenvalue weighted by Gasteiger charge is 2.42. The zero-order valence-electron chi connectivity index (χ0n) is 16.2. The number of carbonyl (C=O) groups is 3. The summed E-state index contributed by atoms with van der Waals surface area (Å²) in [6, 6.07) is 0. The second kappa shape index (κ2) is 7.74. The summed E-state index contributed by atoms with van der Waals surface area (Å²) in [5.74, 6) is -0.540. The number of aromatic nitrogens is 1. The number of ketones is 3. The minimum atomic E-state index is -0.858. The lowest BCUT2D eigenvalue weighted by Crippen LogP contribution is -2.42. The van der Waals surface area contributed by atoms with Crippen LogP contribution in [-0.2, 0) is 27.3 Å². The maximum Gasteiger partial charge on any atom is 0.168 e. The van der Waals surface area contributed by atoms with Crippen molar-refractivity contribution in [1.29, 1.82) is 0 Å². The summed E-state index contributed by atoms with van der Waals surface area (Å²) in [5.41, 5.74) is 1.33. The number of aryl methyl sites for hydroxylation is 2. The third-order valence-corrected chi connectivity index (χ3v) is 5.13. The van der Waals surface area contributed by atoms with Crippen molar-refractivity contribution < 1.29 is 23.7 Å². The number of rotatable bonds is 6. The maximum absolute atomic E-state index is 12.8. The number of carbonyl (C=O) groups excluding carboxylic acids is 3. The molecule has 1 unspecified atom stereocenters. The van der Waals surface area contributed by atoms with E-state index in [1.165, 1.54) is 0 Å². The Hall–Kier alpha value is -2.31. The van der Waals surface area contributed by atoms with E-state index >= 15 is 0 Å². The molecule has 0 aliphatic heterocycles. The number of nitrogens with zero attached hydrogens (tertiary/aromatic N) is 2. The van der Waals surface area contributed by atoms with E-state index in [0.717, 1.165) is 6.42 Å². The summed E-state index contributed by atoms with van der Waals surface area (Å²) < 4.78 is 5.27. The second-order valence-corrected chi connectivity index (χ2v) is 8.09. The molecule has 1 heterocycles. The standard InChI is InChI=1S/C20H26N2O5/c1-4-26-21-13-10-20(2,3)11-16(25)18(13)15(24)9-8-12-19-14(23)6-5-7-17(19)27-22-12/h18H,4-11H2,1-3H3. The molecule has 0 N–H and O–H groups in total. The van der Waals surface area contributed by atoms with Gasteiger partial charge in [0.15, 0.2) is 5.78 Å². The zero-order chi connectivity index (χ0) is 19.6. The molecule has 0 spiro atoms. The van der Waals surface area contributed by atoms with Gasteiger partial charge in [-0.1, -0.05) is 24.2 Å². The first-order valence-corrected chi connectivity index (χ1v) is 9.57. The van der Waals surface area contributed by atoms with Gasteiger partial charge in [0, 0.05) is 32.1 Å². The van der Waals surface area contributed by atoms with Gasteiger partial charge in [0.25, 0.3) is 0 Å². The number of Topliss-reactive ketones (excluding diaryl/α,β-unsaturated/α-hetero) is 3. The van der Waals surface area contributed by atoms with Gasteiger partial charge in [0.2, 0.25) is 0 Å². The van der Waals surface area contributed by atoms with Crippen LogP contribution in [0.25, 0.3) is 0 Å². The average Bonchev–Trinajstić information content (AvgIpc) is 3.01. The molecule has 7 nitrogen and oxygen atoms in total. The molecular formula is C20H26N2O5. The third-order valence-electron chi connectivity index (χ3n) is 5.13. The molecule has 2 aliphatic rings. The highest BCUT2D eigenvalue weighted by Crippen LogP contribution is 2.35. The molecule has 1 aromatic rings. The van der Waals surface area contributed by atoms with Crippen LogP contribution in [-0.4, -0.2) is 34.8 Å². The van der Waals surface area contributed by atoms with Gasteiger partial charge >= 0.3 is 0 Å². The lowest BCUT2D eigenvalue weighted by Gasteiger charge is -2.33.